The van der Waals surface area contributed by atoms with Crippen molar-refractivity contribution in [2.75, 3.05) is 6.54 Å². The Bertz CT molecular complexity index is 699. The summed E-state index contributed by atoms with van der Waals surface area (Å²) in [6.45, 7) is 3.23. The molecule has 1 aromatic carbocycles. The molecule has 0 bridgehead atoms. The third-order valence-corrected chi connectivity index (χ3v) is 3.46. The van der Waals surface area contributed by atoms with Crippen molar-refractivity contribution >= 4 is 11.9 Å². The van der Waals surface area contributed by atoms with Crippen molar-refractivity contribution in [2.24, 2.45) is 0 Å². The molecule has 0 radical (unpaired) electrons. The lowest BCUT2D eigenvalue weighted by Gasteiger charge is -2.25. The molecule has 122 valence electrons. The van der Waals surface area contributed by atoms with Gasteiger partial charge in [0.25, 0.3) is 5.91 Å². The van der Waals surface area contributed by atoms with Crippen molar-refractivity contribution < 1.29 is 19.1 Å². The van der Waals surface area contributed by atoms with Gasteiger partial charge in [0.15, 0.2) is 5.69 Å². The highest BCUT2D eigenvalue weighted by atomic mass is 19.1. The third-order valence-electron chi connectivity index (χ3n) is 3.46. The SMILES string of the molecule is CCC(C)N(CC(=O)O)C(=O)c1cnn(-c2ccc(F)cc2)n1. The van der Waals surface area contributed by atoms with Gasteiger partial charge >= 0.3 is 5.97 Å². The van der Waals surface area contributed by atoms with E-state index >= 15 is 0 Å². The summed E-state index contributed by atoms with van der Waals surface area (Å²) in [6.07, 6.45) is 1.88. The maximum absolute atomic E-state index is 12.9. The Morgan fingerprint density at radius 3 is 2.57 bits per heavy atom. The first kappa shape index (κ1) is 16.6. The number of aromatic nitrogens is 3. The maximum atomic E-state index is 12.9. The summed E-state index contributed by atoms with van der Waals surface area (Å²) < 4.78 is 12.9. The highest BCUT2D eigenvalue weighted by molar-refractivity contribution is 5.94. The molecule has 2 rings (SSSR count). The van der Waals surface area contributed by atoms with Gasteiger partial charge in [-0.1, -0.05) is 6.92 Å². The molecule has 1 unspecified atom stereocenters. The van der Waals surface area contributed by atoms with Crippen molar-refractivity contribution in [2.45, 2.75) is 26.3 Å². The van der Waals surface area contributed by atoms with E-state index in [1.807, 2.05) is 6.92 Å². The number of rotatable bonds is 6. The van der Waals surface area contributed by atoms with Gasteiger partial charge in [0.2, 0.25) is 0 Å². The Balaban J connectivity index is 2.25. The lowest BCUT2D eigenvalue weighted by atomic mass is 10.2. The molecule has 0 saturated heterocycles. The van der Waals surface area contributed by atoms with E-state index < -0.39 is 18.4 Å². The molecule has 0 fully saturated rings. The van der Waals surface area contributed by atoms with Crippen LogP contribution in [0.4, 0.5) is 4.39 Å². The number of carbonyl (C=O) groups excluding carboxylic acids is 1. The standard InChI is InChI=1S/C15H17FN4O3/c1-3-10(2)19(9-14(21)22)15(23)13-8-17-20(18-13)12-6-4-11(16)5-7-12/h4-8,10H,3,9H2,1-2H3,(H,21,22). The van der Waals surface area contributed by atoms with Crippen LogP contribution in [0.15, 0.2) is 30.5 Å². The quantitative estimate of drug-likeness (QED) is 0.875. The van der Waals surface area contributed by atoms with Crippen LogP contribution in [0.25, 0.3) is 5.69 Å². The number of nitrogens with zero attached hydrogens (tertiary/aromatic N) is 4. The van der Waals surface area contributed by atoms with E-state index in [-0.39, 0.29) is 17.6 Å². The molecule has 0 saturated carbocycles. The number of benzene rings is 1. The number of hydrogen-bond donors (Lipinski definition) is 1. The number of carboxylic acid groups (broad SMARTS) is 1. The van der Waals surface area contributed by atoms with Gasteiger partial charge in [0.1, 0.15) is 12.4 Å². The molecule has 0 aliphatic heterocycles. The van der Waals surface area contributed by atoms with Crippen molar-refractivity contribution in [1.29, 1.82) is 0 Å². The van der Waals surface area contributed by atoms with E-state index in [9.17, 15) is 14.0 Å². The molecule has 0 aliphatic rings. The Labute approximate surface area is 132 Å². The molecular formula is C15H17FN4O3. The van der Waals surface area contributed by atoms with Crippen molar-refractivity contribution in [3.63, 3.8) is 0 Å². The topological polar surface area (TPSA) is 88.3 Å². The van der Waals surface area contributed by atoms with Crippen LogP contribution in [-0.2, 0) is 4.79 Å². The number of carboxylic acids is 1. The first-order valence-electron chi connectivity index (χ1n) is 7.13. The lowest BCUT2D eigenvalue weighted by molar-refractivity contribution is -0.138. The van der Waals surface area contributed by atoms with E-state index in [1.165, 1.54) is 40.2 Å². The second-order valence-corrected chi connectivity index (χ2v) is 5.08. The largest absolute Gasteiger partial charge is 0.480 e. The van der Waals surface area contributed by atoms with Crippen molar-refractivity contribution in [3.05, 3.63) is 42.0 Å². The molecule has 1 N–H and O–H groups in total. The summed E-state index contributed by atoms with van der Waals surface area (Å²) in [5.41, 5.74) is 0.537. The van der Waals surface area contributed by atoms with Crippen LogP contribution in [0.2, 0.25) is 0 Å². The van der Waals surface area contributed by atoms with Gasteiger partial charge < -0.3 is 10.0 Å². The summed E-state index contributed by atoms with van der Waals surface area (Å²) in [7, 11) is 0. The maximum Gasteiger partial charge on any atom is 0.323 e. The third kappa shape index (κ3) is 3.91. The van der Waals surface area contributed by atoms with Gasteiger partial charge in [-0.2, -0.15) is 9.90 Å². The molecule has 1 aromatic heterocycles. The Morgan fingerprint density at radius 1 is 1.35 bits per heavy atom. The lowest BCUT2D eigenvalue weighted by Crippen LogP contribution is -2.42. The van der Waals surface area contributed by atoms with Crippen LogP contribution in [0.3, 0.4) is 0 Å². The average Bonchev–Trinajstić information content (AvgIpc) is 3.01. The monoisotopic (exact) mass is 320 g/mol. The van der Waals surface area contributed by atoms with E-state index in [2.05, 4.69) is 10.2 Å². The summed E-state index contributed by atoms with van der Waals surface area (Å²) in [5, 5.41) is 17.0. The number of halogens is 1. The number of aliphatic carboxylic acids is 1. The summed E-state index contributed by atoms with van der Waals surface area (Å²) in [6, 6.07) is 5.24. The zero-order chi connectivity index (χ0) is 17.0. The highest BCUT2D eigenvalue weighted by Crippen LogP contribution is 2.11. The van der Waals surface area contributed by atoms with E-state index in [0.717, 1.165) is 0 Å². The Morgan fingerprint density at radius 2 is 2.00 bits per heavy atom. The second-order valence-electron chi connectivity index (χ2n) is 5.08. The number of hydrogen-bond acceptors (Lipinski definition) is 4. The first-order chi connectivity index (χ1) is 10.9. The van der Waals surface area contributed by atoms with Crippen LogP contribution in [-0.4, -0.2) is 49.5 Å². The van der Waals surface area contributed by atoms with Gasteiger partial charge in [0, 0.05) is 6.04 Å². The Kier molecular flexibility index (Phi) is 5.05. The normalized spacial score (nSPS) is 12.0. The predicted octanol–water partition coefficient (Wildman–Crippen LogP) is 1.73. The zero-order valence-electron chi connectivity index (χ0n) is 12.8. The van der Waals surface area contributed by atoms with E-state index in [1.54, 1.807) is 6.92 Å². The molecule has 1 atom stereocenters. The predicted molar refractivity (Wildman–Crippen MR) is 79.7 cm³/mol. The molecule has 2 aromatic rings. The minimum absolute atomic E-state index is 0.0378. The van der Waals surface area contributed by atoms with Crippen LogP contribution < -0.4 is 0 Å². The molecule has 1 heterocycles. The summed E-state index contributed by atoms with van der Waals surface area (Å²) in [5.74, 6) is -1.98. The number of amides is 1. The molecule has 0 aliphatic carbocycles. The molecule has 8 heteroatoms. The van der Waals surface area contributed by atoms with Gasteiger partial charge in [-0.15, -0.1) is 5.10 Å². The number of carbonyl (C=O) groups is 2. The van der Waals surface area contributed by atoms with Gasteiger partial charge in [-0.3, -0.25) is 9.59 Å². The summed E-state index contributed by atoms with van der Waals surface area (Å²) >= 11 is 0. The highest BCUT2D eigenvalue weighted by Gasteiger charge is 2.25. The molecule has 1 amide bonds. The van der Waals surface area contributed by atoms with Gasteiger partial charge in [-0.25, -0.2) is 4.39 Å². The average molecular weight is 320 g/mol. The van der Waals surface area contributed by atoms with Crippen LogP contribution >= 0.6 is 0 Å². The minimum Gasteiger partial charge on any atom is -0.480 e. The minimum atomic E-state index is -1.09. The van der Waals surface area contributed by atoms with Crippen LogP contribution in [0, 0.1) is 5.82 Å². The van der Waals surface area contributed by atoms with Crippen LogP contribution in [0.5, 0.6) is 0 Å². The fourth-order valence-electron chi connectivity index (χ4n) is 2.00. The molecule has 0 spiro atoms. The fourth-order valence-corrected chi connectivity index (χ4v) is 2.00. The van der Waals surface area contributed by atoms with Gasteiger partial charge in [-0.05, 0) is 37.6 Å². The van der Waals surface area contributed by atoms with Crippen LogP contribution in [0.1, 0.15) is 30.8 Å². The second kappa shape index (κ2) is 6.99. The molecular weight excluding hydrogens is 303 g/mol. The van der Waals surface area contributed by atoms with Crippen molar-refractivity contribution in [1.82, 2.24) is 19.9 Å². The van der Waals surface area contributed by atoms with Crippen molar-refractivity contribution in [3.8, 4) is 5.69 Å². The Hall–Kier alpha value is -2.77. The van der Waals surface area contributed by atoms with E-state index in [0.29, 0.717) is 12.1 Å². The first-order valence-corrected chi connectivity index (χ1v) is 7.13. The smallest absolute Gasteiger partial charge is 0.323 e. The fraction of sp³-hybridized carbons (Fsp3) is 0.333. The summed E-state index contributed by atoms with van der Waals surface area (Å²) in [4.78, 5) is 25.9. The zero-order valence-corrected chi connectivity index (χ0v) is 12.8. The molecule has 7 nitrogen and oxygen atoms in total. The molecule has 23 heavy (non-hydrogen) atoms. The van der Waals surface area contributed by atoms with Gasteiger partial charge in [0.05, 0.1) is 11.9 Å². The van der Waals surface area contributed by atoms with E-state index in [4.69, 9.17) is 5.11 Å².